The van der Waals surface area contributed by atoms with Crippen LogP contribution in [-0.2, 0) is 21.3 Å². The highest BCUT2D eigenvalue weighted by Crippen LogP contribution is 2.21. The normalized spacial score (nSPS) is 15.7. The van der Waals surface area contributed by atoms with Crippen LogP contribution >= 0.6 is 0 Å². The molecule has 1 aliphatic heterocycles. The maximum atomic E-state index is 12.6. The number of sulfonamides is 1. The van der Waals surface area contributed by atoms with Gasteiger partial charge in [-0.25, -0.2) is 13.2 Å². The molecule has 1 heterocycles. The molecule has 0 saturated carbocycles. The summed E-state index contributed by atoms with van der Waals surface area (Å²) in [5.41, 5.74) is 0.406. The number of aliphatic imine (C=N–C) groups is 1. The summed E-state index contributed by atoms with van der Waals surface area (Å²) < 4.78 is 31.9. The number of benzene rings is 1. The van der Waals surface area contributed by atoms with Crippen LogP contribution in [0.1, 0.15) is 39.2 Å². The number of nitrogens with one attached hydrogen (secondary N) is 3. The Kier molecular flexibility index (Phi) is 8.48. The van der Waals surface area contributed by atoms with Crippen molar-refractivity contribution in [2.75, 3.05) is 33.2 Å². The third-order valence-electron chi connectivity index (χ3n) is 4.40. The van der Waals surface area contributed by atoms with Gasteiger partial charge in [0.05, 0.1) is 4.90 Å². The van der Waals surface area contributed by atoms with Crippen LogP contribution in [0.5, 0.6) is 0 Å². The Morgan fingerprint density at radius 2 is 1.67 bits per heavy atom. The zero-order chi connectivity index (χ0) is 22.2. The maximum absolute atomic E-state index is 12.6. The predicted molar refractivity (Wildman–Crippen MR) is 117 cm³/mol. The van der Waals surface area contributed by atoms with E-state index < -0.39 is 21.7 Å². The van der Waals surface area contributed by atoms with Gasteiger partial charge in [0.2, 0.25) is 10.0 Å². The second kappa shape index (κ2) is 10.6. The van der Waals surface area contributed by atoms with Gasteiger partial charge in [0, 0.05) is 39.8 Å². The molecule has 0 aliphatic carbocycles. The summed E-state index contributed by atoms with van der Waals surface area (Å²) in [6, 6.07) is 6.89. The van der Waals surface area contributed by atoms with E-state index in [-0.39, 0.29) is 0 Å². The minimum atomic E-state index is -3.39. The van der Waals surface area contributed by atoms with E-state index in [1.807, 2.05) is 20.8 Å². The molecule has 1 aliphatic rings. The van der Waals surface area contributed by atoms with Crippen molar-refractivity contribution >= 4 is 22.1 Å². The average Bonchev–Trinajstić information content (AvgIpc) is 3.22. The predicted octanol–water partition coefficient (Wildman–Crippen LogP) is 1.66. The second-order valence-corrected chi connectivity index (χ2v) is 9.97. The van der Waals surface area contributed by atoms with Gasteiger partial charge >= 0.3 is 6.09 Å². The fraction of sp³-hybridized carbons (Fsp3) is 0.600. The number of hydrogen-bond acceptors (Lipinski definition) is 5. The molecular formula is C20H33N5O4S. The first kappa shape index (κ1) is 23.9. The van der Waals surface area contributed by atoms with E-state index in [4.69, 9.17) is 4.74 Å². The minimum Gasteiger partial charge on any atom is -0.444 e. The molecule has 1 fully saturated rings. The zero-order valence-electron chi connectivity index (χ0n) is 18.2. The molecule has 0 unspecified atom stereocenters. The average molecular weight is 440 g/mol. The van der Waals surface area contributed by atoms with Crippen LogP contribution in [0.15, 0.2) is 34.2 Å². The number of amides is 1. The smallest absolute Gasteiger partial charge is 0.407 e. The molecule has 1 aromatic carbocycles. The monoisotopic (exact) mass is 439 g/mol. The van der Waals surface area contributed by atoms with E-state index in [1.54, 1.807) is 31.3 Å². The molecule has 0 aromatic heterocycles. The van der Waals surface area contributed by atoms with Crippen molar-refractivity contribution in [2.24, 2.45) is 4.99 Å². The molecule has 1 amide bonds. The van der Waals surface area contributed by atoms with Gasteiger partial charge in [0.1, 0.15) is 5.60 Å². The number of rotatable bonds is 7. The van der Waals surface area contributed by atoms with Crippen molar-refractivity contribution in [1.82, 2.24) is 20.3 Å². The van der Waals surface area contributed by atoms with Gasteiger partial charge in [-0.15, -0.1) is 0 Å². The summed E-state index contributed by atoms with van der Waals surface area (Å²) in [5, 5.41) is 8.93. The molecule has 30 heavy (non-hydrogen) atoms. The number of guanidine groups is 1. The number of carbonyl (C=O) groups excluding carboxylic acids is 1. The standard InChI is InChI=1S/C20H33N5O4S/c1-20(2,3)29-19(26)23-12-11-22-18(21-4)24-15-16-7-9-17(10-8-16)30(27,28)25-13-5-6-14-25/h7-10H,5-6,11-15H2,1-4H3,(H,23,26)(H2,21,22,24). The molecule has 10 heteroatoms. The summed E-state index contributed by atoms with van der Waals surface area (Å²) in [5.74, 6) is 0.578. The minimum absolute atomic E-state index is 0.323. The van der Waals surface area contributed by atoms with E-state index in [0.29, 0.717) is 43.6 Å². The van der Waals surface area contributed by atoms with E-state index in [0.717, 1.165) is 18.4 Å². The van der Waals surface area contributed by atoms with Crippen LogP contribution in [0.25, 0.3) is 0 Å². The number of alkyl carbamates (subject to hydrolysis) is 1. The van der Waals surface area contributed by atoms with Crippen molar-refractivity contribution in [2.45, 2.75) is 50.7 Å². The summed E-state index contributed by atoms with van der Waals surface area (Å²) >= 11 is 0. The van der Waals surface area contributed by atoms with Crippen molar-refractivity contribution in [3.8, 4) is 0 Å². The molecule has 0 bridgehead atoms. The number of carbonyl (C=O) groups is 1. The van der Waals surface area contributed by atoms with Gasteiger partial charge < -0.3 is 20.7 Å². The Hall–Kier alpha value is -2.33. The Morgan fingerprint density at radius 1 is 1.07 bits per heavy atom. The third-order valence-corrected chi connectivity index (χ3v) is 6.31. The van der Waals surface area contributed by atoms with E-state index in [9.17, 15) is 13.2 Å². The fourth-order valence-electron chi connectivity index (χ4n) is 2.92. The largest absolute Gasteiger partial charge is 0.444 e. The Balaban J connectivity index is 1.76. The summed E-state index contributed by atoms with van der Waals surface area (Å²) in [7, 11) is -1.74. The van der Waals surface area contributed by atoms with Crippen LogP contribution in [0.2, 0.25) is 0 Å². The van der Waals surface area contributed by atoms with Crippen LogP contribution in [0.3, 0.4) is 0 Å². The first-order valence-electron chi connectivity index (χ1n) is 10.1. The molecule has 2 rings (SSSR count). The van der Waals surface area contributed by atoms with Gasteiger partial charge in [0.15, 0.2) is 5.96 Å². The lowest BCUT2D eigenvalue weighted by molar-refractivity contribution is 0.0529. The van der Waals surface area contributed by atoms with E-state index in [2.05, 4.69) is 20.9 Å². The Morgan fingerprint density at radius 3 is 2.23 bits per heavy atom. The topological polar surface area (TPSA) is 112 Å². The number of nitrogens with zero attached hydrogens (tertiary/aromatic N) is 2. The molecule has 1 aromatic rings. The van der Waals surface area contributed by atoms with Gasteiger partial charge in [-0.1, -0.05) is 12.1 Å². The fourth-order valence-corrected chi connectivity index (χ4v) is 4.44. The van der Waals surface area contributed by atoms with Crippen molar-refractivity contribution in [1.29, 1.82) is 0 Å². The van der Waals surface area contributed by atoms with E-state index >= 15 is 0 Å². The molecule has 168 valence electrons. The van der Waals surface area contributed by atoms with Crippen molar-refractivity contribution < 1.29 is 17.9 Å². The van der Waals surface area contributed by atoms with Crippen LogP contribution < -0.4 is 16.0 Å². The highest BCUT2D eigenvalue weighted by Gasteiger charge is 2.26. The lowest BCUT2D eigenvalue weighted by atomic mass is 10.2. The molecule has 1 saturated heterocycles. The Bertz CT molecular complexity index is 826. The lowest BCUT2D eigenvalue weighted by Crippen LogP contribution is -2.42. The molecular weight excluding hydrogens is 406 g/mol. The van der Waals surface area contributed by atoms with Crippen LogP contribution in [0.4, 0.5) is 4.79 Å². The molecule has 0 spiro atoms. The highest BCUT2D eigenvalue weighted by atomic mass is 32.2. The van der Waals surface area contributed by atoms with Gasteiger partial charge in [-0.2, -0.15) is 4.31 Å². The highest BCUT2D eigenvalue weighted by molar-refractivity contribution is 7.89. The third kappa shape index (κ3) is 7.49. The van der Waals surface area contributed by atoms with E-state index in [1.165, 1.54) is 4.31 Å². The van der Waals surface area contributed by atoms with Crippen LogP contribution in [-0.4, -0.2) is 63.6 Å². The first-order chi connectivity index (χ1) is 14.1. The molecule has 9 nitrogen and oxygen atoms in total. The summed E-state index contributed by atoms with van der Waals surface area (Å²) in [6.07, 6.45) is 1.37. The quantitative estimate of drug-likeness (QED) is 0.338. The Labute approximate surface area is 179 Å². The van der Waals surface area contributed by atoms with Crippen molar-refractivity contribution in [3.05, 3.63) is 29.8 Å². The second-order valence-electron chi connectivity index (χ2n) is 8.04. The molecule has 0 atom stereocenters. The first-order valence-corrected chi connectivity index (χ1v) is 11.6. The maximum Gasteiger partial charge on any atom is 0.407 e. The summed E-state index contributed by atoms with van der Waals surface area (Å²) in [4.78, 5) is 16.1. The molecule has 0 radical (unpaired) electrons. The summed E-state index contributed by atoms with van der Waals surface area (Å²) in [6.45, 7) is 7.97. The van der Waals surface area contributed by atoms with Gasteiger partial charge in [0.25, 0.3) is 0 Å². The van der Waals surface area contributed by atoms with Crippen LogP contribution in [0, 0.1) is 0 Å². The number of ether oxygens (including phenoxy) is 1. The zero-order valence-corrected chi connectivity index (χ0v) is 19.0. The van der Waals surface area contributed by atoms with Crippen molar-refractivity contribution in [3.63, 3.8) is 0 Å². The lowest BCUT2D eigenvalue weighted by Gasteiger charge is -2.20. The molecule has 3 N–H and O–H groups in total. The number of hydrogen-bond donors (Lipinski definition) is 3. The van der Waals surface area contributed by atoms with Gasteiger partial charge in [-0.3, -0.25) is 4.99 Å². The van der Waals surface area contributed by atoms with Gasteiger partial charge in [-0.05, 0) is 51.3 Å². The SMILES string of the molecule is CN=C(NCCNC(=O)OC(C)(C)C)NCc1ccc(S(=O)(=O)N2CCCC2)cc1.